The molecule has 0 aliphatic rings. The highest BCUT2D eigenvalue weighted by atomic mass is 31.2. The fraction of sp³-hybridized carbons (Fsp3) is 0.789. The van der Waals surface area contributed by atoms with Gasteiger partial charge in [-0.25, -0.2) is 0 Å². The molecule has 1 atom stereocenters. The molecular weight excluding hydrogens is 434 g/mol. The number of hydrogen-bond donors (Lipinski definition) is 4. The zero-order valence-corrected chi connectivity index (χ0v) is 19.3. The Kier molecular flexibility index (Phi) is 14.6. The summed E-state index contributed by atoms with van der Waals surface area (Å²) in [5.41, 5.74) is 0. The molecule has 1 unspecified atom stereocenters. The van der Waals surface area contributed by atoms with Crippen molar-refractivity contribution in [2.24, 2.45) is 5.92 Å². The van der Waals surface area contributed by atoms with Gasteiger partial charge in [-0.3, -0.25) is 19.2 Å². The summed E-state index contributed by atoms with van der Waals surface area (Å²) in [4.78, 5) is 43.9. The van der Waals surface area contributed by atoms with Crippen LogP contribution in [0.25, 0.3) is 0 Å². The van der Waals surface area contributed by atoms with Crippen molar-refractivity contribution in [1.82, 2.24) is 0 Å². The van der Waals surface area contributed by atoms with Crippen LogP contribution in [-0.4, -0.2) is 81.3 Å². The molecule has 11 heteroatoms. The molecule has 0 spiro atoms. The summed E-state index contributed by atoms with van der Waals surface area (Å²) >= 11 is 0. The number of carbonyl (C=O) groups is 4. The van der Waals surface area contributed by atoms with E-state index in [1.165, 1.54) is 0 Å². The van der Waals surface area contributed by atoms with Crippen LogP contribution in [0.2, 0.25) is 0 Å². The first kappa shape index (κ1) is 28.5. The van der Waals surface area contributed by atoms with Gasteiger partial charge in [0.1, 0.15) is 0 Å². The van der Waals surface area contributed by atoms with Crippen molar-refractivity contribution in [1.29, 1.82) is 0 Å². The smallest absolute Gasteiger partial charge is 0.303 e. The first-order chi connectivity index (χ1) is 14.0. The van der Waals surface area contributed by atoms with Crippen LogP contribution in [0.4, 0.5) is 0 Å². The van der Waals surface area contributed by atoms with Gasteiger partial charge in [0.2, 0.25) is 0 Å². The molecule has 0 aromatic carbocycles. The maximum Gasteiger partial charge on any atom is 0.303 e. The van der Waals surface area contributed by atoms with Crippen LogP contribution < -0.4 is 0 Å². The summed E-state index contributed by atoms with van der Waals surface area (Å²) < 4.78 is 13.4. The lowest BCUT2D eigenvalue weighted by molar-refractivity contribution is -0.137. The Morgan fingerprint density at radius 3 is 1.60 bits per heavy atom. The fourth-order valence-electron chi connectivity index (χ4n) is 3.26. The van der Waals surface area contributed by atoms with Gasteiger partial charge in [-0.2, -0.15) is 0 Å². The Hall–Kier alpha value is -1.46. The van der Waals surface area contributed by atoms with Crippen molar-refractivity contribution in [3.8, 4) is 0 Å². The molecule has 0 amide bonds. The Morgan fingerprint density at radius 2 is 1.23 bits per heavy atom. The molecule has 0 aliphatic heterocycles. The fourth-order valence-corrected chi connectivity index (χ4v) is 9.15. The number of unbranched alkanes of at least 4 members (excludes halogenated alkanes) is 1. The third-order valence-corrected chi connectivity index (χ3v) is 10.8. The summed E-state index contributed by atoms with van der Waals surface area (Å²) in [6, 6.07) is 0. The lowest BCUT2D eigenvalue weighted by Crippen LogP contribution is -2.18. The topological polar surface area (TPSA) is 166 Å². The largest absolute Gasteiger partial charge is 0.481 e. The van der Waals surface area contributed by atoms with Crippen LogP contribution in [0.15, 0.2) is 0 Å². The number of carboxylic acid groups (broad SMARTS) is 4. The predicted octanol–water partition coefficient (Wildman–Crippen LogP) is 3.54. The van der Waals surface area contributed by atoms with E-state index in [-0.39, 0.29) is 50.1 Å². The van der Waals surface area contributed by atoms with E-state index < -0.39 is 38.9 Å². The van der Waals surface area contributed by atoms with Crippen molar-refractivity contribution < 1.29 is 44.2 Å². The molecule has 0 fully saturated rings. The molecule has 9 nitrogen and oxygen atoms in total. The third kappa shape index (κ3) is 15.4. The van der Waals surface area contributed by atoms with Crippen LogP contribution >= 0.6 is 15.1 Å². The summed E-state index contributed by atoms with van der Waals surface area (Å²) in [5, 5.41) is 35.9. The molecule has 4 N–H and O–H groups in total. The third-order valence-electron chi connectivity index (χ3n) is 4.82. The standard InChI is InChI=1S/C19H34O9P2/c1-2-3-4-15(13-29(9-5-16(20)21)10-6-17(22)23)14-30(28,11-7-18(24)25)12-8-19(26)27/h15H,2-14H2,1H3,(H,20,21)(H,22,23)(H,24,25)(H,26,27). The molecule has 0 aliphatic carbocycles. The predicted molar refractivity (Wildman–Crippen MR) is 116 cm³/mol. The Labute approximate surface area is 178 Å². The normalized spacial score (nSPS) is 12.6. The van der Waals surface area contributed by atoms with Crippen molar-refractivity contribution in [3.05, 3.63) is 0 Å². The van der Waals surface area contributed by atoms with Crippen LogP contribution in [0.3, 0.4) is 0 Å². The van der Waals surface area contributed by atoms with E-state index in [0.29, 0.717) is 18.5 Å². The van der Waals surface area contributed by atoms with E-state index in [2.05, 4.69) is 0 Å². The van der Waals surface area contributed by atoms with Gasteiger partial charge < -0.3 is 25.0 Å². The molecule has 0 saturated heterocycles. The molecule has 30 heavy (non-hydrogen) atoms. The van der Waals surface area contributed by atoms with Gasteiger partial charge in [-0.05, 0) is 30.8 Å². The quantitative estimate of drug-likeness (QED) is 0.207. The van der Waals surface area contributed by atoms with E-state index in [1.54, 1.807) is 0 Å². The molecule has 0 heterocycles. The van der Waals surface area contributed by atoms with Crippen LogP contribution in [0, 0.1) is 5.92 Å². The highest BCUT2D eigenvalue weighted by molar-refractivity contribution is 7.64. The van der Waals surface area contributed by atoms with Gasteiger partial charge in [0.25, 0.3) is 0 Å². The SMILES string of the molecule is CCCCC(CP(CCC(=O)O)CCC(=O)O)CP(=O)(CCC(=O)O)CCC(=O)O. The minimum atomic E-state index is -3.04. The molecule has 0 radical (unpaired) electrons. The molecule has 0 saturated carbocycles. The van der Waals surface area contributed by atoms with Gasteiger partial charge in [0.15, 0.2) is 0 Å². The summed E-state index contributed by atoms with van der Waals surface area (Å²) in [7, 11) is -3.93. The van der Waals surface area contributed by atoms with Crippen molar-refractivity contribution in [2.75, 3.05) is 37.0 Å². The van der Waals surface area contributed by atoms with Gasteiger partial charge in [-0.15, -0.1) is 7.92 Å². The number of carboxylic acids is 4. The average molecular weight is 468 g/mol. The van der Waals surface area contributed by atoms with Gasteiger partial charge in [-0.1, -0.05) is 19.8 Å². The van der Waals surface area contributed by atoms with Crippen LogP contribution in [0.5, 0.6) is 0 Å². The summed E-state index contributed by atoms with van der Waals surface area (Å²) in [5.74, 6) is -4.12. The lowest BCUT2D eigenvalue weighted by Gasteiger charge is -2.27. The average Bonchev–Trinajstić information content (AvgIpc) is 2.64. The number of rotatable bonds is 19. The van der Waals surface area contributed by atoms with E-state index in [0.717, 1.165) is 19.3 Å². The van der Waals surface area contributed by atoms with Crippen LogP contribution in [0.1, 0.15) is 51.9 Å². The van der Waals surface area contributed by atoms with Crippen molar-refractivity contribution in [3.63, 3.8) is 0 Å². The Balaban J connectivity index is 5.38. The Bertz CT molecular complexity index is 581. The second-order valence-electron chi connectivity index (χ2n) is 7.57. The monoisotopic (exact) mass is 468 g/mol. The summed E-state index contributed by atoms with van der Waals surface area (Å²) in [6.07, 6.45) is 3.24. The zero-order chi connectivity index (χ0) is 23.2. The maximum absolute atomic E-state index is 13.4. The van der Waals surface area contributed by atoms with E-state index in [1.807, 2.05) is 6.92 Å². The molecule has 0 rings (SSSR count). The minimum Gasteiger partial charge on any atom is -0.481 e. The highest BCUT2D eigenvalue weighted by Crippen LogP contribution is 2.51. The number of aliphatic carboxylic acids is 4. The second kappa shape index (κ2) is 15.4. The van der Waals surface area contributed by atoms with Crippen molar-refractivity contribution in [2.45, 2.75) is 51.9 Å². The lowest BCUT2D eigenvalue weighted by atomic mass is 10.1. The summed E-state index contributed by atoms with van der Waals surface area (Å²) in [6.45, 7) is 2.00. The molecular formula is C19H34O9P2. The highest BCUT2D eigenvalue weighted by Gasteiger charge is 2.29. The zero-order valence-electron chi connectivity index (χ0n) is 17.5. The van der Waals surface area contributed by atoms with E-state index in [9.17, 15) is 23.7 Å². The molecule has 174 valence electrons. The van der Waals surface area contributed by atoms with Gasteiger partial charge in [0.05, 0.1) is 20.0 Å². The van der Waals surface area contributed by atoms with Crippen LogP contribution in [-0.2, 0) is 23.7 Å². The Morgan fingerprint density at radius 1 is 0.800 bits per heavy atom. The molecule has 0 aromatic heterocycles. The van der Waals surface area contributed by atoms with E-state index >= 15 is 0 Å². The van der Waals surface area contributed by atoms with Crippen molar-refractivity contribution >= 4 is 38.9 Å². The van der Waals surface area contributed by atoms with E-state index in [4.69, 9.17) is 20.4 Å². The van der Waals surface area contributed by atoms with Gasteiger partial charge in [0, 0.05) is 31.3 Å². The maximum atomic E-state index is 13.4. The molecule has 0 bridgehead atoms. The van der Waals surface area contributed by atoms with Gasteiger partial charge >= 0.3 is 23.9 Å². The minimum absolute atomic E-state index is 0.0541. The molecule has 0 aromatic rings. The second-order valence-corrected chi connectivity index (χ2v) is 13.5. The first-order valence-corrected chi connectivity index (χ1v) is 14.3. The first-order valence-electron chi connectivity index (χ1n) is 10.1. The number of hydrogen-bond acceptors (Lipinski definition) is 5.